The molecule has 28 heavy (non-hydrogen) atoms. The number of rotatable bonds is 3. The van der Waals surface area contributed by atoms with Gasteiger partial charge < -0.3 is 25.4 Å². The Hall–Kier alpha value is -2.38. The molecule has 1 aliphatic heterocycles. The Kier molecular flexibility index (Phi) is 5.25. The molecule has 1 aliphatic carbocycles. The number of aromatic hydroxyl groups is 1. The van der Waals surface area contributed by atoms with E-state index in [0.29, 0.717) is 24.0 Å². The van der Waals surface area contributed by atoms with Crippen LogP contribution in [0.4, 0.5) is 0 Å². The highest BCUT2D eigenvalue weighted by molar-refractivity contribution is 5.91. The van der Waals surface area contributed by atoms with Gasteiger partial charge in [-0.25, -0.2) is 4.79 Å². The first-order chi connectivity index (χ1) is 13.0. The van der Waals surface area contributed by atoms with E-state index in [4.69, 9.17) is 4.74 Å². The molecule has 0 saturated carbocycles. The highest BCUT2D eigenvalue weighted by Crippen LogP contribution is 2.47. The zero-order chi connectivity index (χ0) is 20.8. The van der Waals surface area contributed by atoms with E-state index in [1.54, 1.807) is 13.0 Å². The maximum absolute atomic E-state index is 11.9. The van der Waals surface area contributed by atoms with Gasteiger partial charge in [0.05, 0.1) is 12.2 Å². The van der Waals surface area contributed by atoms with Crippen LogP contribution in [0.3, 0.4) is 0 Å². The summed E-state index contributed by atoms with van der Waals surface area (Å²) in [5.74, 6) is -1.78. The minimum absolute atomic E-state index is 0.108. The monoisotopic (exact) mass is 389 g/mol. The molecule has 7 nitrogen and oxygen atoms in total. The van der Waals surface area contributed by atoms with E-state index >= 15 is 0 Å². The lowest BCUT2D eigenvalue weighted by Crippen LogP contribution is -2.62. The van der Waals surface area contributed by atoms with Crippen LogP contribution < -0.4 is 5.32 Å². The summed E-state index contributed by atoms with van der Waals surface area (Å²) >= 11 is 0. The van der Waals surface area contributed by atoms with Crippen LogP contribution in [-0.4, -0.2) is 44.9 Å². The fraction of sp³-hybridized carbons (Fsp3) is 0.524. The lowest BCUT2D eigenvalue weighted by Gasteiger charge is -2.52. The molecule has 0 radical (unpaired) electrons. The number of ether oxygens (including phenoxy) is 1. The van der Waals surface area contributed by atoms with Crippen molar-refractivity contribution in [2.75, 3.05) is 0 Å². The molecule has 5 atom stereocenters. The van der Waals surface area contributed by atoms with Gasteiger partial charge in [-0.15, -0.1) is 0 Å². The number of amides is 1. The van der Waals surface area contributed by atoms with Crippen molar-refractivity contribution in [3.63, 3.8) is 0 Å². The zero-order valence-corrected chi connectivity index (χ0v) is 16.5. The SMILES string of the molecule is CC(=O)N[C@]1(C)C[C@@H](c2cc(C)c(O)c(C(=O)O)c2)O[C@H]2[C@H](O)C(C)=CC[C@H]21. The van der Waals surface area contributed by atoms with E-state index in [9.17, 15) is 24.9 Å². The number of hydrogen-bond donors (Lipinski definition) is 4. The number of carbonyl (C=O) groups excluding carboxylic acids is 1. The van der Waals surface area contributed by atoms with Crippen LogP contribution in [0.25, 0.3) is 0 Å². The Morgan fingerprint density at radius 1 is 1.29 bits per heavy atom. The van der Waals surface area contributed by atoms with Crippen molar-refractivity contribution in [3.8, 4) is 5.75 Å². The van der Waals surface area contributed by atoms with Crippen LogP contribution in [0, 0.1) is 12.8 Å². The van der Waals surface area contributed by atoms with E-state index in [0.717, 1.165) is 5.57 Å². The van der Waals surface area contributed by atoms with Crippen molar-refractivity contribution in [2.24, 2.45) is 5.92 Å². The summed E-state index contributed by atoms with van der Waals surface area (Å²) in [5, 5.41) is 33.2. The third-order valence-electron chi connectivity index (χ3n) is 6.00. The molecule has 7 heteroatoms. The summed E-state index contributed by atoms with van der Waals surface area (Å²) in [7, 11) is 0. The van der Waals surface area contributed by atoms with E-state index in [1.165, 1.54) is 13.0 Å². The fourth-order valence-corrected chi connectivity index (χ4v) is 4.51. The van der Waals surface area contributed by atoms with Crippen LogP contribution >= 0.6 is 0 Å². The number of carboxylic acids is 1. The summed E-state index contributed by atoms with van der Waals surface area (Å²) in [4.78, 5) is 23.4. The van der Waals surface area contributed by atoms with Gasteiger partial charge in [0, 0.05) is 24.8 Å². The largest absolute Gasteiger partial charge is 0.507 e. The van der Waals surface area contributed by atoms with Crippen LogP contribution in [0.2, 0.25) is 0 Å². The number of aromatic carboxylic acids is 1. The quantitative estimate of drug-likeness (QED) is 0.590. The van der Waals surface area contributed by atoms with Crippen molar-refractivity contribution in [3.05, 3.63) is 40.5 Å². The second-order valence-electron chi connectivity index (χ2n) is 8.17. The molecule has 2 aliphatic rings. The maximum atomic E-state index is 11.9. The molecule has 0 aromatic heterocycles. The van der Waals surface area contributed by atoms with Crippen molar-refractivity contribution in [2.45, 2.75) is 64.4 Å². The van der Waals surface area contributed by atoms with Crippen LogP contribution in [0.1, 0.15) is 61.2 Å². The number of nitrogens with one attached hydrogen (secondary N) is 1. The van der Waals surface area contributed by atoms with Gasteiger partial charge in [-0.1, -0.05) is 6.08 Å². The Morgan fingerprint density at radius 3 is 2.57 bits per heavy atom. The molecule has 0 bridgehead atoms. The van der Waals surface area contributed by atoms with E-state index in [-0.39, 0.29) is 23.1 Å². The molecular formula is C21H27NO6. The van der Waals surface area contributed by atoms with Gasteiger partial charge in [0.1, 0.15) is 17.4 Å². The number of aliphatic hydroxyl groups is 1. The summed E-state index contributed by atoms with van der Waals surface area (Å²) in [6.45, 7) is 6.87. The van der Waals surface area contributed by atoms with Crippen molar-refractivity contribution in [1.29, 1.82) is 0 Å². The van der Waals surface area contributed by atoms with Crippen molar-refractivity contribution >= 4 is 11.9 Å². The molecule has 1 aromatic rings. The number of phenols is 1. The summed E-state index contributed by atoms with van der Waals surface area (Å²) < 4.78 is 6.25. The molecule has 1 saturated heterocycles. The Balaban J connectivity index is 2.05. The van der Waals surface area contributed by atoms with E-state index < -0.39 is 29.8 Å². The first kappa shape index (κ1) is 20.4. The summed E-state index contributed by atoms with van der Waals surface area (Å²) in [5.41, 5.74) is 1.03. The molecule has 1 aromatic carbocycles. The molecule has 0 unspecified atom stereocenters. The molecule has 3 rings (SSSR count). The lowest BCUT2D eigenvalue weighted by molar-refractivity contribution is -0.165. The number of aliphatic hydroxyl groups excluding tert-OH is 1. The Labute approximate surface area is 164 Å². The normalized spacial score (nSPS) is 32.2. The number of aryl methyl sites for hydroxylation is 1. The standard InChI is InChI=1S/C21H27NO6/c1-10-5-6-15-19(18(10)25)28-16(9-21(15,4)22-12(3)23)13-7-11(2)17(24)14(8-13)20(26)27/h5,7-8,15-16,18-19,24-25H,6,9H2,1-4H3,(H,22,23)(H,26,27)/t15-,16+,18-,19-,21-/m1/s1. The summed E-state index contributed by atoms with van der Waals surface area (Å²) in [6, 6.07) is 3.10. The maximum Gasteiger partial charge on any atom is 0.339 e. The Bertz CT molecular complexity index is 848. The van der Waals surface area contributed by atoms with E-state index in [2.05, 4.69) is 5.32 Å². The molecular weight excluding hydrogens is 362 g/mol. The smallest absolute Gasteiger partial charge is 0.339 e. The van der Waals surface area contributed by atoms with Crippen molar-refractivity contribution in [1.82, 2.24) is 5.32 Å². The second kappa shape index (κ2) is 7.22. The van der Waals surface area contributed by atoms with Gasteiger partial charge in [0.2, 0.25) is 5.91 Å². The second-order valence-corrected chi connectivity index (χ2v) is 8.17. The third-order valence-corrected chi connectivity index (χ3v) is 6.00. The first-order valence-corrected chi connectivity index (χ1v) is 9.39. The van der Waals surface area contributed by atoms with Crippen LogP contribution in [0.5, 0.6) is 5.75 Å². The number of allylic oxidation sites excluding steroid dienone is 1. The molecule has 0 spiro atoms. The van der Waals surface area contributed by atoms with Crippen LogP contribution in [0.15, 0.2) is 23.8 Å². The van der Waals surface area contributed by atoms with Crippen LogP contribution in [-0.2, 0) is 9.53 Å². The number of hydrogen-bond acceptors (Lipinski definition) is 5. The Morgan fingerprint density at radius 2 is 1.96 bits per heavy atom. The predicted molar refractivity (Wildman–Crippen MR) is 102 cm³/mol. The van der Waals surface area contributed by atoms with Gasteiger partial charge in [0.25, 0.3) is 0 Å². The number of fused-ring (bicyclic) bond motifs is 1. The van der Waals surface area contributed by atoms with Crippen molar-refractivity contribution < 1.29 is 29.6 Å². The average Bonchev–Trinajstić information content (AvgIpc) is 2.59. The average molecular weight is 389 g/mol. The number of benzene rings is 1. The highest BCUT2D eigenvalue weighted by Gasteiger charge is 2.51. The van der Waals surface area contributed by atoms with Gasteiger partial charge in [-0.2, -0.15) is 0 Å². The number of carbonyl (C=O) groups is 2. The van der Waals surface area contributed by atoms with Gasteiger partial charge in [0.15, 0.2) is 0 Å². The topological polar surface area (TPSA) is 116 Å². The zero-order valence-electron chi connectivity index (χ0n) is 16.5. The summed E-state index contributed by atoms with van der Waals surface area (Å²) in [6.07, 6.45) is 1.22. The molecule has 1 amide bonds. The van der Waals surface area contributed by atoms with Gasteiger partial charge in [-0.05, 0) is 56.0 Å². The molecule has 4 N–H and O–H groups in total. The number of carboxylic acid groups (broad SMARTS) is 1. The lowest BCUT2D eigenvalue weighted by atomic mass is 9.68. The highest BCUT2D eigenvalue weighted by atomic mass is 16.5. The minimum atomic E-state index is -1.22. The predicted octanol–water partition coefficient (Wildman–Crippen LogP) is 2.45. The van der Waals surface area contributed by atoms with E-state index in [1.807, 2.05) is 19.9 Å². The third kappa shape index (κ3) is 3.52. The van der Waals surface area contributed by atoms with Gasteiger partial charge in [-0.3, -0.25) is 4.79 Å². The molecule has 1 heterocycles. The first-order valence-electron chi connectivity index (χ1n) is 9.39. The molecule has 152 valence electrons. The fourth-order valence-electron chi connectivity index (χ4n) is 4.51. The molecule has 1 fully saturated rings. The minimum Gasteiger partial charge on any atom is -0.507 e. The van der Waals surface area contributed by atoms with Gasteiger partial charge >= 0.3 is 5.97 Å².